The lowest BCUT2D eigenvalue weighted by atomic mass is 10.1. The molecule has 0 aromatic carbocycles. The minimum atomic E-state index is 0.00565. The van der Waals surface area contributed by atoms with Crippen LogP contribution in [0.1, 0.15) is 47.0 Å². The molecule has 1 aliphatic carbocycles. The van der Waals surface area contributed by atoms with E-state index in [4.69, 9.17) is 0 Å². The molecule has 2 rings (SSSR count). The van der Waals surface area contributed by atoms with Crippen LogP contribution in [0.5, 0.6) is 0 Å². The van der Waals surface area contributed by atoms with Crippen LogP contribution in [0, 0.1) is 11.3 Å². The molecular formula is C13H24N2O. The van der Waals surface area contributed by atoms with Gasteiger partial charge in [0.1, 0.15) is 0 Å². The van der Waals surface area contributed by atoms with Crippen molar-refractivity contribution in [3.05, 3.63) is 0 Å². The van der Waals surface area contributed by atoms with Gasteiger partial charge in [0.25, 0.3) is 0 Å². The van der Waals surface area contributed by atoms with Crippen LogP contribution in [0.2, 0.25) is 0 Å². The Kier molecular flexibility index (Phi) is 2.99. The zero-order valence-electron chi connectivity index (χ0n) is 10.9. The summed E-state index contributed by atoms with van der Waals surface area (Å²) in [5, 5.41) is 3.41. The molecule has 3 heteroatoms. The molecule has 2 fully saturated rings. The van der Waals surface area contributed by atoms with E-state index in [9.17, 15) is 4.79 Å². The van der Waals surface area contributed by atoms with Crippen LogP contribution in [-0.4, -0.2) is 29.6 Å². The number of carbonyl (C=O) groups excluding carboxylic acids is 1. The van der Waals surface area contributed by atoms with Crippen LogP contribution >= 0.6 is 0 Å². The topological polar surface area (TPSA) is 32.3 Å². The Labute approximate surface area is 98.6 Å². The number of carbonyl (C=O) groups is 1. The third-order valence-electron chi connectivity index (χ3n) is 3.82. The lowest BCUT2D eigenvalue weighted by molar-refractivity contribution is -0.130. The van der Waals surface area contributed by atoms with Gasteiger partial charge in [-0.25, -0.2) is 0 Å². The predicted molar refractivity (Wildman–Crippen MR) is 64.9 cm³/mol. The van der Waals surface area contributed by atoms with Crippen molar-refractivity contribution in [1.29, 1.82) is 0 Å². The van der Waals surface area contributed by atoms with E-state index in [2.05, 4.69) is 31.0 Å². The maximum Gasteiger partial charge on any atom is 0.240 e. The van der Waals surface area contributed by atoms with Gasteiger partial charge in [0, 0.05) is 6.54 Å². The Morgan fingerprint density at radius 2 is 2.12 bits per heavy atom. The number of hydrogen-bond donors (Lipinski definition) is 1. The molecule has 1 heterocycles. The summed E-state index contributed by atoms with van der Waals surface area (Å²) in [4.78, 5) is 14.1. The number of nitrogens with zero attached hydrogens (tertiary/aromatic N) is 1. The van der Waals surface area contributed by atoms with Crippen LogP contribution in [0.15, 0.2) is 0 Å². The lowest BCUT2D eigenvalue weighted by Gasteiger charge is -2.28. The molecule has 1 amide bonds. The highest BCUT2D eigenvalue weighted by Gasteiger charge is 2.45. The molecule has 2 atom stereocenters. The van der Waals surface area contributed by atoms with Crippen molar-refractivity contribution in [2.75, 3.05) is 6.54 Å². The summed E-state index contributed by atoms with van der Waals surface area (Å²) in [6, 6.07) is 0.00565. The van der Waals surface area contributed by atoms with Crippen molar-refractivity contribution in [1.82, 2.24) is 10.2 Å². The normalized spacial score (nSPS) is 32.6. The Bertz CT molecular complexity index is 284. The lowest BCUT2D eigenvalue weighted by Crippen LogP contribution is -2.41. The van der Waals surface area contributed by atoms with Crippen LogP contribution in [0.4, 0.5) is 0 Å². The molecule has 0 aromatic heterocycles. The number of nitrogens with one attached hydrogen (secondary N) is 1. The van der Waals surface area contributed by atoms with Crippen molar-refractivity contribution in [3.63, 3.8) is 0 Å². The first-order chi connectivity index (χ1) is 7.41. The van der Waals surface area contributed by atoms with Crippen LogP contribution in [0.3, 0.4) is 0 Å². The van der Waals surface area contributed by atoms with Gasteiger partial charge < -0.3 is 4.90 Å². The van der Waals surface area contributed by atoms with Crippen molar-refractivity contribution in [2.24, 2.45) is 11.3 Å². The SMILES string of the molecule is CC(C)CC1NC(C)C(=O)N1CC1(C)CC1. The zero-order valence-corrected chi connectivity index (χ0v) is 10.9. The molecule has 1 saturated heterocycles. The summed E-state index contributed by atoms with van der Waals surface area (Å²) < 4.78 is 0. The Hall–Kier alpha value is -0.570. The minimum Gasteiger partial charge on any atom is -0.325 e. The van der Waals surface area contributed by atoms with Gasteiger partial charge >= 0.3 is 0 Å². The first-order valence-corrected chi connectivity index (χ1v) is 6.48. The third kappa shape index (κ3) is 2.40. The Morgan fingerprint density at radius 3 is 2.62 bits per heavy atom. The fraction of sp³-hybridized carbons (Fsp3) is 0.923. The Morgan fingerprint density at radius 1 is 1.50 bits per heavy atom. The minimum absolute atomic E-state index is 0.00565. The first kappa shape index (κ1) is 11.9. The average molecular weight is 224 g/mol. The fourth-order valence-electron chi connectivity index (χ4n) is 2.46. The van der Waals surface area contributed by atoms with E-state index in [0.29, 0.717) is 17.2 Å². The molecule has 0 spiro atoms. The van der Waals surface area contributed by atoms with E-state index < -0.39 is 0 Å². The van der Waals surface area contributed by atoms with Gasteiger partial charge in [-0.05, 0) is 37.5 Å². The van der Waals surface area contributed by atoms with E-state index in [1.54, 1.807) is 0 Å². The van der Waals surface area contributed by atoms with Gasteiger partial charge in [0.2, 0.25) is 5.91 Å². The summed E-state index contributed by atoms with van der Waals surface area (Å²) >= 11 is 0. The van der Waals surface area contributed by atoms with E-state index in [1.807, 2.05) is 6.92 Å². The number of rotatable bonds is 4. The molecule has 1 N–H and O–H groups in total. The van der Waals surface area contributed by atoms with Crippen LogP contribution < -0.4 is 5.32 Å². The van der Waals surface area contributed by atoms with Gasteiger partial charge in [0.05, 0.1) is 12.2 Å². The molecule has 2 aliphatic rings. The molecular weight excluding hydrogens is 200 g/mol. The highest BCUT2D eigenvalue weighted by Crippen LogP contribution is 2.46. The van der Waals surface area contributed by atoms with Gasteiger partial charge in [-0.2, -0.15) is 0 Å². The molecule has 0 bridgehead atoms. The summed E-state index contributed by atoms with van der Waals surface area (Å²) in [6.07, 6.45) is 3.88. The first-order valence-electron chi connectivity index (χ1n) is 6.48. The van der Waals surface area contributed by atoms with Crippen molar-refractivity contribution in [3.8, 4) is 0 Å². The van der Waals surface area contributed by atoms with Crippen LogP contribution in [0.25, 0.3) is 0 Å². The molecule has 1 saturated carbocycles. The van der Waals surface area contributed by atoms with E-state index in [-0.39, 0.29) is 12.2 Å². The summed E-state index contributed by atoms with van der Waals surface area (Å²) in [5.41, 5.74) is 0.413. The molecule has 1 aliphatic heterocycles. The molecule has 0 aromatic rings. The molecule has 0 radical (unpaired) electrons. The second kappa shape index (κ2) is 4.02. The smallest absolute Gasteiger partial charge is 0.240 e. The van der Waals surface area contributed by atoms with Crippen LogP contribution in [-0.2, 0) is 4.79 Å². The van der Waals surface area contributed by atoms with E-state index >= 15 is 0 Å². The predicted octanol–water partition coefficient (Wildman–Crippen LogP) is 1.98. The van der Waals surface area contributed by atoms with Crippen molar-refractivity contribution in [2.45, 2.75) is 59.2 Å². The maximum absolute atomic E-state index is 12.1. The summed E-state index contributed by atoms with van der Waals surface area (Å²) in [5.74, 6) is 0.920. The van der Waals surface area contributed by atoms with Gasteiger partial charge in [-0.1, -0.05) is 20.8 Å². The second-order valence-electron chi connectivity index (χ2n) is 6.31. The zero-order chi connectivity index (χ0) is 11.9. The highest BCUT2D eigenvalue weighted by molar-refractivity contribution is 5.84. The molecule has 16 heavy (non-hydrogen) atoms. The standard InChI is InChI=1S/C13H24N2O/c1-9(2)7-11-14-10(3)12(16)15(11)8-13(4)5-6-13/h9-11,14H,5-8H2,1-4H3. The third-order valence-corrected chi connectivity index (χ3v) is 3.82. The highest BCUT2D eigenvalue weighted by atomic mass is 16.2. The van der Waals surface area contributed by atoms with E-state index in [1.165, 1.54) is 12.8 Å². The molecule has 3 nitrogen and oxygen atoms in total. The molecule has 92 valence electrons. The van der Waals surface area contributed by atoms with Crippen molar-refractivity contribution < 1.29 is 4.79 Å². The quantitative estimate of drug-likeness (QED) is 0.792. The fourth-order valence-corrected chi connectivity index (χ4v) is 2.46. The number of hydrogen-bond acceptors (Lipinski definition) is 2. The summed E-state index contributed by atoms with van der Waals surface area (Å²) in [6.45, 7) is 9.64. The largest absolute Gasteiger partial charge is 0.325 e. The van der Waals surface area contributed by atoms with Gasteiger partial charge in [-0.3, -0.25) is 10.1 Å². The van der Waals surface area contributed by atoms with Gasteiger partial charge in [-0.15, -0.1) is 0 Å². The van der Waals surface area contributed by atoms with E-state index in [0.717, 1.165) is 13.0 Å². The second-order valence-corrected chi connectivity index (χ2v) is 6.31. The summed E-state index contributed by atoms with van der Waals surface area (Å²) in [7, 11) is 0. The maximum atomic E-state index is 12.1. The monoisotopic (exact) mass is 224 g/mol. The molecule has 2 unspecified atom stereocenters. The average Bonchev–Trinajstić information content (AvgIpc) is 2.84. The van der Waals surface area contributed by atoms with Gasteiger partial charge in [0.15, 0.2) is 0 Å². The number of amides is 1. The Balaban J connectivity index is 2.02. The van der Waals surface area contributed by atoms with Crippen molar-refractivity contribution >= 4 is 5.91 Å².